The van der Waals surface area contributed by atoms with Gasteiger partial charge in [-0.15, -0.1) is 11.3 Å². The Bertz CT molecular complexity index is 1310. The minimum atomic E-state index is -1.03. The smallest absolute Gasteiger partial charge is 0.225 e. The lowest BCUT2D eigenvalue weighted by atomic mass is 10.1. The monoisotopic (exact) mass is 492 g/mol. The van der Waals surface area contributed by atoms with E-state index < -0.39 is 24.2 Å². The number of pyridine rings is 1. The number of nitrogens with one attached hydrogen (secondary N) is 2. The fourth-order valence-corrected chi connectivity index (χ4v) is 5.55. The molecule has 0 saturated heterocycles. The number of nitrogens with zero attached hydrogens (tertiary/aromatic N) is 4. The van der Waals surface area contributed by atoms with E-state index in [0.717, 1.165) is 37.9 Å². The molecule has 1 aromatic carbocycles. The molecule has 1 fully saturated rings. The summed E-state index contributed by atoms with van der Waals surface area (Å²) in [5.74, 6) is 0.539. The second-order valence-corrected chi connectivity index (χ2v) is 9.91. The first-order chi connectivity index (χ1) is 16.9. The highest BCUT2D eigenvalue weighted by molar-refractivity contribution is 7.21. The zero-order chi connectivity index (χ0) is 24.5. The van der Waals surface area contributed by atoms with E-state index >= 15 is 0 Å². The minimum absolute atomic E-state index is 0.194. The van der Waals surface area contributed by atoms with Crippen LogP contribution in [0.1, 0.15) is 23.5 Å². The number of rotatable bonds is 7. The highest BCUT2D eigenvalue weighted by Crippen LogP contribution is 2.38. The number of thiazole rings is 1. The van der Waals surface area contributed by atoms with Crippen molar-refractivity contribution in [1.82, 2.24) is 19.9 Å². The van der Waals surface area contributed by atoms with Crippen molar-refractivity contribution in [3.63, 3.8) is 0 Å². The zero-order valence-electron chi connectivity index (χ0n) is 19.5. The Kier molecular flexibility index (Phi) is 6.61. The maximum atomic E-state index is 10.6. The van der Waals surface area contributed by atoms with Crippen LogP contribution < -0.4 is 10.6 Å². The number of fused-ring (bicyclic) bond motifs is 1. The molecule has 1 aliphatic rings. The van der Waals surface area contributed by atoms with E-state index in [9.17, 15) is 15.3 Å². The lowest BCUT2D eigenvalue weighted by Gasteiger charge is -2.21. The summed E-state index contributed by atoms with van der Waals surface area (Å²) >= 11 is 1.55. The van der Waals surface area contributed by atoms with Gasteiger partial charge < -0.3 is 26.0 Å². The zero-order valence-corrected chi connectivity index (χ0v) is 20.3. The molecule has 5 rings (SSSR count). The summed E-state index contributed by atoms with van der Waals surface area (Å²) in [6, 6.07) is 13.3. The van der Waals surface area contributed by atoms with Crippen LogP contribution in [0, 0.1) is 19.8 Å². The Labute approximate surface area is 207 Å². The van der Waals surface area contributed by atoms with Crippen LogP contribution in [0.25, 0.3) is 20.8 Å². The van der Waals surface area contributed by atoms with E-state index in [4.69, 9.17) is 9.97 Å². The van der Waals surface area contributed by atoms with Crippen LogP contribution in [0.5, 0.6) is 0 Å². The third-order valence-corrected chi connectivity index (χ3v) is 7.38. The summed E-state index contributed by atoms with van der Waals surface area (Å²) < 4.78 is 1.05. The van der Waals surface area contributed by atoms with Crippen molar-refractivity contribution in [3.05, 3.63) is 59.5 Å². The summed E-state index contributed by atoms with van der Waals surface area (Å²) in [4.78, 5) is 18.7. The van der Waals surface area contributed by atoms with Crippen molar-refractivity contribution in [3.8, 4) is 10.6 Å². The number of anilines is 2. The Hall–Kier alpha value is -3.18. The molecule has 0 bridgehead atoms. The predicted octanol–water partition coefficient (Wildman–Crippen LogP) is 2.89. The number of benzene rings is 1. The number of aryl methyl sites for hydroxylation is 2. The van der Waals surface area contributed by atoms with Gasteiger partial charge in [0, 0.05) is 18.2 Å². The molecule has 4 aromatic rings. The molecule has 1 saturated carbocycles. The average Bonchev–Trinajstić information content (AvgIpc) is 3.38. The molecule has 1 aliphatic carbocycles. The number of para-hydroxylation sites is 1. The van der Waals surface area contributed by atoms with Crippen molar-refractivity contribution >= 4 is 33.3 Å². The maximum absolute atomic E-state index is 10.6. The molecule has 182 valence electrons. The molecule has 0 aliphatic heterocycles. The number of aliphatic hydroxyl groups is 3. The van der Waals surface area contributed by atoms with Crippen LogP contribution in [-0.4, -0.2) is 60.1 Å². The molecule has 3 heterocycles. The molecule has 0 radical (unpaired) electrons. The quantitative estimate of drug-likeness (QED) is 0.264. The molecule has 3 aromatic heterocycles. The van der Waals surface area contributed by atoms with Crippen molar-refractivity contribution in [1.29, 1.82) is 0 Å². The van der Waals surface area contributed by atoms with Crippen LogP contribution in [-0.2, 0) is 6.54 Å². The lowest BCUT2D eigenvalue weighted by Crippen LogP contribution is -2.35. The third kappa shape index (κ3) is 4.83. The van der Waals surface area contributed by atoms with E-state index in [1.807, 2.05) is 56.3 Å². The normalized spacial score (nSPS) is 22.0. The second kappa shape index (κ2) is 9.82. The molecular weight excluding hydrogens is 464 g/mol. The van der Waals surface area contributed by atoms with Gasteiger partial charge in [0.1, 0.15) is 16.9 Å². The highest BCUT2D eigenvalue weighted by Gasteiger charge is 2.41. The van der Waals surface area contributed by atoms with Crippen LogP contribution in [0.3, 0.4) is 0 Å². The van der Waals surface area contributed by atoms with E-state index in [1.54, 1.807) is 11.3 Å². The topological polar surface area (TPSA) is 136 Å². The molecule has 0 unspecified atom stereocenters. The van der Waals surface area contributed by atoms with Crippen molar-refractivity contribution in [2.45, 2.75) is 45.1 Å². The SMILES string of the molecule is Cc1cccc(CNc2nc(C)c(-c3nc4ccccc4s3)c(N[C@@H]3C[C@H](CO)[C@@H](O)[C@H]3O)n2)n1. The van der Waals surface area contributed by atoms with Crippen LogP contribution in [0.4, 0.5) is 11.8 Å². The van der Waals surface area contributed by atoms with Gasteiger partial charge in [0.05, 0.1) is 45.9 Å². The molecule has 0 amide bonds. The summed E-state index contributed by atoms with van der Waals surface area (Å²) in [5.41, 5.74) is 4.17. The van der Waals surface area contributed by atoms with E-state index in [2.05, 4.69) is 20.6 Å². The molecule has 35 heavy (non-hydrogen) atoms. The molecule has 0 spiro atoms. The molecule has 5 N–H and O–H groups in total. The fourth-order valence-electron chi connectivity index (χ4n) is 4.48. The molecular formula is C25H28N6O3S. The van der Waals surface area contributed by atoms with Crippen LogP contribution in [0.2, 0.25) is 0 Å². The van der Waals surface area contributed by atoms with E-state index in [1.165, 1.54) is 0 Å². The van der Waals surface area contributed by atoms with Gasteiger partial charge in [-0.2, -0.15) is 4.98 Å². The maximum Gasteiger partial charge on any atom is 0.225 e. The van der Waals surface area contributed by atoms with Gasteiger partial charge in [0.25, 0.3) is 0 Å². The van der Waals surface area contributed by atoms with Crippen molar-refractivity contribution in [2.24, 2.45) is 5.92 Å². The molecule has 10 heteroatoms. The Morgan fingerprint density at radius 3 is 2.54 bits per heavy atom. The standard InChI is InChI=1S/C25H28N6O3S/c1-13-6-5-7-16(27-13)11-26-25-28-14(2)20(24-30-17-8-3-4-9-19(17)35-24)23(31-25)29-18-10-15(12-32)21(33)22(18)34/h3-9,15,18,21-22,32-34H,10-12H2,1-2H3,(H2,26,28,29,31)/t15-,18-,21-,22+/m1/s1. The summed E-state index contributed by atoms with van der Waals surface area (Å²) in [7, 11) is 0. The van der Waals surface area contributed by atoms with Gasteiger partial charge in [0.2, 0.25) is 5.95 Å². The highest BCUT2D eigenvalue weighted by atomic mass is 32.1. The second-order valence-electron chi connectivity index (χ2n) is 8.88. The largest absolute Gasteiger partial charge is 0.396 e. The van der Waals surface area contributed by atoms with Gasteiger partial charge in [-0.25, -0.2) is 9.97 Å². The lowest BCUT2D eigenvalue weighted by molar-refractivity contribution is 0.00446. The van der Waals surface area contributed by atoms with Gasteiger partial charge in [0.15, 0.2) is 0 Å². The first-order valence-electron chi connectivity index (χ1n) is 11.6. The van der Waals surface area contributed by atoms with Gasteiger partial charge in [-0.05, 0) is 44.5 Å². The minimum Gasteiger partial charge on any atom is -0.396 e. The number of aromatic nitrogens is 4. The number of hydrogen-bond donors (Lipinski definition) is 5. The fraction of sp³-hybridized carbons (Fsp3) is 0.360. The van der Waals surface area contributed by atoms with Crippen molar-refractivity contribution in [2.75, 3.05) is 17.2 Å². The van der Waals surface area contributed by atoms with Gasteiger partial charge in [-0.1, -0.05) is 18.2 Å². The van der Waals surface area contributed by atoms with Crippen LogP contribution in [0.15, 0.2) is 42.5 Å². The van der Waals surface area contributed by atoms with E-state index in [-0.39, 0.29) is 6.61 Å². The van der Waals surface area contributed by atoms with Gasteiger partial charge in [-0.3, -0.25) is 4.98 Å². The first kappa shape index (κ1) is 23.6. The summed E-state index contributed by atoms with van der Waals surface area (Å²) in [5, 5.41) is 37.9. The Morgan fingerprint density at radius 1 is 0.971 bits per heavy atom. The number of aliphatic hydroxyl groups excluding tert-OH is 3. The molecule has 9 nitrogen and oxygen atoms in total. The predicted molar refractivity (Wildman–Crippen MR) is 136 cm³/mol. The summed E-state index contributed by atoms with van der Waals surface area (Å²) in [6.07, 6.45) is -1.62. The van der Waals surface area contributed by atoms with Crippen LogP contribution >= 0.6 is 11.3 Å². The number of hydrogen-bond acceptors (Lipinski definition) is 10. The molecule has 4 atom stereocenters. The third-order valence-electron chi connectivity index (χ3n) is 6.33. The Balaban J connectivity index is 1.51. The van der Waals surface area contributed by atoms with E-state index in [0.29, 0.717) is 24.7 Å². The first-order valence-corrected chi connectivity index (χ1v) is 12.4. The summed E-state index contributed by atoms with van der Waals surface area (Å²) in [6.45, 7) is 4.11. The average molecular weight is 493 g/mol. The Morgan fingerprint density at radius 2 is 1.80 bits per heavy atom. The van der Waals surface area contributed by atoms with Crippen molar-refractivity contribution < 1.29 is 15.3 Å². The van der Waals surface area contributed by atoms with Gasteiger partial charge >= 0.3 is 0 Å².